The minimum absolute atomic E-state index is 0.0241. The predicted molar refractivity (Wildman–Crippen MR) is 103 cm³/mol. The van der Waals surface area contributed by atoms with Crippen LogP contribution in [0.15, 0.2) is 0 Å². The van der Waals surface area contributed by atoms with Gasteiger partial charge in [-0.05, 0) is 70.6 Å². The molecule has 5 unspecified atom stereocenters. The van der Waals surface area contributed by atoms with Crippen molar-refractivity contribution in [1.29, 1.82) is 0 Å². The fraction of sp³-hybridized carbons (Fsp3) is 0.952. The van der Waals surface area contributed by atoms with Gasteiger partial charge in [0.2, 0.25) is 0 Å². The predicted octanol–water partition coefficient (Wildman–Crippen LogP) is 3.02. The van der Waals surface area contributed by atoms with Gasteiger partial charge in [0, 0.05) is 31.3 Å². The molecule has 0 spiro atoms. The highest BCUT2D eigenvalue weighted by molar-refractivity contribution is 5.72. The molecular formula is C21H38N2O3. The molecule has 26 heavy (non-hydrogen) atoms. The van der Waals surface area contributed by atoms with Crippen LogP contribution in [0.3, 0.4) is 0 Å². The van der Waals surface area contributed by atoms with Crippen molar-refractivity contribution in [2.24, 2.45) is 11.8 Å². The molecule has 1 heterocycles. The van der Waals surface area contributed by atoms with Gasteiger partial charge in [0.15, 0.2) is 0 Å². The van der Waals surface area contributed by atoms with Crippen molar-refractivity contribution >= 4 is 5.97 Å². The SMILES string of the molecule is CCCOC(=O)C1CCC(NC2CC(C)NC3CCC(OC)CC32)CC1. The molecule has 0 radical (unpaired) electrons. The summed E-state index contributed by atoms with van der Waals surface area (Å²) in [6, 6.07) is 2.32. The Bertz CT molecular complexity index is 451. The second kappa shape index (κ2) is 9.52. The third-order valence-electron chi connectivity index (χ3n) is 6.77. The zero-order valence-electron chi connectivity index (χ0n) is 16.8. The first kappa shape index (κ1) is 20.1. The van der Waals surface area contributed by atoms with Crippen LogP contribution in [0.2, 0.25) is 0 Å². The minimum atomic E-state index is 0.0241. The van der Waals surface area contributed by atoms with Crippen molar-refractivity contribution in [3.8, 4) is 0 Å². The highest BCUT2D eigenvalue weighted by atomic mass is 16.5. The van der Waals surface area contributed by atoms with E-state index in [0.717, 1.165) is 38.5 Å². The summed E-state index contributed by atoms with van der Waals surface area (Å²) in [5, 5.41) is 7.80. The van der Waals surface area contributed by atoms with Crippen LogP contribution in [0.1, 0.15) is 71.6 Å². The lowest BCUT2D eigenvalue weighted by Crippen LogP contribution is -2.61. The number of methoxy groups -OCH3 is 1. The van der Waals surface area contributed by atoms with Gasteiger partial charge in [-0.15, -0.1) is 0 Å². The molecule has 1 aliphatic heterocycles. The molecule has 5 heteroatoms. The molecule has 3 aliphatic rings. The highest BCUT2D eigenvalue weighted by Crippen LogP contribution is 2.35. The van der Waals surface area contributed by atoms with Crippen LogP contribution in [0.4, 0.5) is 0 Å². The number of fused-ring (bicyclic) bond motifs is 1. The number of carbonyl (C=O) groups excluding carboxylic acids is 1. The smallest absolute Gasteiger partial charge is 0.308 e. The average molecular weight is 367 g/mol. The number of carbonyl (C=O) groups is 1. The van der Waals surface area contributed by atoms with E-state index in [1.165, 1.54) is 19.3 Å². The van der Waals surface area contributed by atoms with Gasteiger partial charge in [0.05, 0.1) is 18.6 Å². The fourth-order valence-electron chi connectivity index (χ4n) is 5.33. The maximum atomic E-state index is 12.1. The van der Waals surface area contributed by atoms with Gasteiger partial charge < -0.3 is 20.1 Å². The van der Waals surface area contributed by atoms with E-state index in [4.69, 9.17) is 9.47 Å². The summed E-state index contributed by atoms with van der Waals surface area (Å²) in [5.74, 6) is 0.806. The topological polar surface area (TPSA) is 59.6 Å². The lowest BCUT2D eigenvalue weighted by molar-refractivity contribution is -0.149. The van der Waals surface area contributed by atoms with Crippen molar-refractivity contribution in [2.75, 3.05) is 13.7 Å². The summed E-state index contributed by atoms with van der Waals surface area (Å²) in [6.45, 7) is 4.92. The van der Waals surface area contributed by atoms with Crippen molar-refractivity contribution in [1.82, 2.24) is 10.6 Å². The summed E-state index contributed by atoms with van der Waals surface area (Å²) in [5.41, 5.74) is 0. The fourth-order valence-corrected chi connectivity index (χ4v) is 5.33. The molecule has 2 N–H and O–H groups in total. The lowest BCUT2D eigenvalue weighted by atomic mass is 9.73. The third kappa shape index (κ3) is 4.99. The van der Waals surface area contributed by atoms with Crippen LogP contribution < -0.4 is 10.6 Å². The number of nitrogens with one attached hydrogen (secondary N) is 2. The maximum Gasteiger partial charge on any atom is 0.308 e. The summed E-state index contributed by atoms with van der Waals surface area (Å²) in [7, 11) is 1.85. The van der Waals surface area contributed by atoms with Crippen LogP contribution in [-0.4, -0.2) is 50.0 Å². The van der Waals surface area contributed by atoms with Gasteiger partial charge >= 0.3 is 5.97 Å². The number of ether oxygens (including phenoxy) is 2. The van der Waals surface area contributed by atoms with Crippen molar-refractivity contribution in [3.05, 3.63) is 0 Å². The molecule has 5 atom stereocenters. The van der Waals surface area contributed by atoms with Crippen molar-refractivity contribution < 1.29 is 14.3 Å². The first-order valence-electron chi connectivity index (χ1n) is 10.8. The molecular weight excluding hydrogens is 328 g/mol. The van der Waals surface area contributed by atoms with E-state index >= 15 is 0 Å². The van der Waals surface area contributed by atoms with Gasteiger partial charge in [0.25, 0.3) is 0 Å². The van der Waals surface area contributed by atoms with Crippen LogP contribution in [-0.2, 0) is 14.3 Å². The Hall–Kier alpha value is -0.650. The van der Waals surface area contributed by atoms with Crippen LogP contribution >= 0.6 is 0 Å². The molecule has 3 rings (SSSR count). The van der Waals surface area contributed by atoms with Gasteiger partial charge in [-0.2, -0.15) is 0 Å². The lowest BCUT2D eigenvalue weighted by Gasteiger charge is -2.48. The van der Waals surface area contributed by atoms with E-state index < -0.39 is 0 Å². The Morgan fingerprint density at radius 2 is 1.88 bits per heavy atom. The Labute approximate surface area is 159 Å². The first-order chi connectivity index (χ1) is 12.6. The van der Waals surface area contributed by atoms with E-state index in [1.807, 2.05) is 14.0 Å². The molecule has 1 saturated heterocycles. The standard InChI is InChI=1S/C21H38N2O3/c1-4-11-26-21(24)15-5-7-16(8-6-15)23-20-12-14(2)22-19-10-9-17(25-3)13-18(19)20/h14-20,22-23H,4-13H2,1-3H3. The van der Waals surface area contributed by atoms with Crippen LogP contribution in [0.25, 0.3) is 0 Å². The average Bonchev–Trinajstić information content (AvgIpc) is 2.66. The quantitative estimate of drug-likeness (QED) is 0.708. The third-order valence-corrected chi connectivity index (χ3v) is 6.77. The summed E-state index contributed by atoms with van der Waals surface area (Å²) < 4.78 is 11.0. The van der Waals surface area contributed by atoms with Crippen molar-refractivity contribution in [3.63, 3.8) is 0 Å². The Morgan fingerprint density at radius 1 is 1.12 bits per heavy atom. The summed E-state index contributed by atoms with van der Waals surface area (Å²) >= 11 is 0. The zero-order chi connectivity index (χ0) is 18.5. The van der Waals surface area contributed by atoms with Gasteiger partial charge in [-0.25, -0.2) is 0 Å². The van der Waals surface area contributed by atoms with Crippen LogP contribution in [0, 0.1) is 11.8 Å². The largest absolute Gasteiger partial charge is 0.465 e. The minimum Gasteiger partial charge on any atom is -0.465 e. The number of hydrogen-bond donors (Lipinski definition) is 2. The molecule has 0 aromatic heterocycles. The maximum absolute atomic E-state index is 12.1. The molecule has 5 nitrogen and oxygen atoms in total. The van der Waals surface area contributed by atoms with E-state index in [0.29, 0.717) is 42.8 Å². The first-order valence-corrected chi connectivity index (χ1v) is 10.8. The Kier molecular flexibility index (Phi) is 7.35. The summed E-state index contributed by atoms with van der Waals surface area (Å²) in [4.78, 5) is 12.1. The molecule has 0 aromatic rings. The zero-order valence-corrected chi connectivity index (χ0v) is 16.8. The van der Waals surface area contributed by atoms with Crippen molar-refractivity contribution in [2.45, 2.75) is 102 Å². The highest BCUT2D eigenvalue weighted by Gasteiger charge is 2.41. The van der Waals surface area contributed by atoms with E-state index in [2.05, 4.69) is 17.6 Å². The van der Waals surface area contributed by atoms with Gasteiger partial charge in [-0.3, -0.25) is 4.79 Å². The number of esters is 1. The normalized spacial score (nSPS) is 40.7. The van der Waals surface area contributed by atoms with Crippen LogP contribution in [0.5, 0.6) is 0 Å². The molecule has 0 aromatic carbocycles. The van der Waals surface area contributed by atoms with E-state index in [1.54, 1.807) is 0 Å². The molecule has 2 aliphatic carbocycles. The molecule has 0 bridgehead atoms. The molecule has 2 saturated carbocycles. The van der Waals surface area contributed by atoms with E-state index in [-0.39, 0.29) is 11.9 Å². The Balaban J connectivity index is 1.50. The summed E-state index contributed by atoms with van der Waals surface area (Å²) in [6.07, 6.45) is 10.2. The second-order valence-corrected chi connectivity index (χ2v) is 8.73. The molecule has 3 fully saturated rings. The number of hydrogen-bond acceptors (Lipinski definition) is 5. The number of rotatable bonds is 6. The number of piperidine rings is 1. The van der Waals surface area contributed by atoms with Gasteiger partial charge in [0.1, 0.15) is 0 Å². The monoisotopic (exact) mass is 366 g/mol. The van der Waals surface area contributed by atoms with E-state index in [9.17, 15) is 4.79 Å². The second-order valence-electron chi connectivity index (χ2n) is 8.73. The molecule has 0 amide bonds. The Morgan fingerprint density at radius 3 is 2.58 bits per heavy atom. The molecule has 150 valence electrons. The van der Waals surface area contributed by atoms with Gasteiger partial charge in [-0.1, -0.05) is 6.92 Å².